The number of carbonyl (C=O) groups excluding carboxylic acids is 1. The summed E-state index contributed by atoms with van der Waals surface area (Å²) in [5.41, 5.74) is 3.91. The quantitative estimate of drug-likeness (QED) is 0.778. The maximum absolute atomic E-state index is 13.2. The van der Waals surface area contributed by atoms with Crippen molar-refractivity contribution >= 4 is 11.6 Å². The summed E-state index contributed by atoms with van der Waals surface area (Å²) in [6.45, 7) is 5.29. The van der Waals surface area contributed by atoms with Crippen molar-refractivity contribution in [2.24, 2.45) is 0 Å². The van der Waals surface area contributed by atoms with Gasteiger partial charge in [-0.05, 0) is 31.0 Å². The Morgan fingerprint density at radius 3 is 2.78 bits per heavy atom. The summed E-state index contributed by atoms with van der Waals surface area (Å²) in [6.07, 6.45) is 8.14. The monoisotopic (exact) mass is 361 g/mol. The molecule has 6 nitrogen and oxygen atoms in total. The highest BCUT2D eigenvalue weighted by molar-refractivity contribution is 6.00. The van der Waals surface area contributed by atoms with Gasteiger partial charge < -0.3 is 14.8 Å². The zero-order valence-electron chi connectivity index (χ0n) is 15.4. The Labute approximate surface area is 158 Å². The number of aromatic amines is 1. The van der Waals surface area contributed by atoms with Gasteiger partial charge in [0.25, 0.3) is 5.91 Å². The first-order valence-electron chi connectivity index (χ1n) is 9.27. The Hall–Kier alpha value is -3.15. The minimum Gasteiger partial charge on any atom is -0.369 e. The van der Waals surface area contributed by atoms with Crippen molar-refractivity contribution in [2.75, 3.05) is 31.1 Å². The first kappa shape index (κ1) is 17.3. The van der Waals surface area contributed by atoms with Crippen molar-refractivity contribution in [2.45, 2.75) is 13.3 Å². The van der Waals surface area contributed by atoms with Gasteiger partial charge in [0.1, 0.15) is 5.82 Å². The van der Waals surface area contributed by atoms with Crippen LogP contribution in [-0.4, -0.2) is 51.9 Å². The van der Waals surface area contributed by atoms with Gasteiger partial charge in [0, 0.05) is 62.2 Å². The summed E-state index contributed by atoms with van der Waals surface area (Å²) < 4.78 is 0. The van der Waals surface area contributed by atoms with Gasteiger partial charge in [0.05, 0.1) is 5.56 Å². The number of imidazole rings is 1. The molecule has 1 aliphatic rings. The Bertz CT molecular complexity index is 922. The third-order valence-electron chi connectivity index (χ3n) is 5.03. The van der Waals surface area contributed by atoms with Crippen LogP contribution in [0.4, 0.5) is 5.69 Å². The summed E-state index contributed by atoms with van der Waals surface area (Å²) in [4.78, 5) is 29.1. The van der Waals surface area contributed by atoms with E-state index in [9.17, 15) is 4.79 Å². The van der Waals surface area contributed by atoms with E-state index in [-0.39, 0.29) is 5.91 Å². The molecule has 0 bridgehead atoms. The van der Waals surface area contributed by atoms with Crippen molar-refractivity contribution in [3.05, 3.63) is 66.2 Å². The molecule has 1 aromatic carbocycles. The van der Waals surface area contributed by atoms with E-state index in [1.165, 1.54) is 11.3 Å². The van der Waals surface area contributed by atoms with Crippen LogP contribution in [0.15, 0.2) is 55.1 Å². The topological polar surface area (TPSA) is 65.1 Å². The third-order valence-corrected chi connectivity index (χ3v) is 5.03. The van der Waals surface area contributed by atoms with E-state index >= 15 is 0 Å². The lowest BCUT2D eigenvalue weighted by atomic mass is 10.1. The number of rotatable bonds is 3. The average Bonchev–Trinajstić information content (AvgIpc) is 3.13. The lowest BCUT2D eigenvalue weighted by Gasteiger charge is -2.25. The molecule has 1 amide bonds. The van der Waals surface area contributed by atoms with Crippen LogP contribution in [-0.2, 0) is 0 Å². The Morgan fingerprint density at radius 1 is 1.07 bits per heavy atom. The normalized spacial score (nSPS) is 14.9. The van der Waals surface area contributed by atoms with Gasteiger partial charge in [-0.25, -0.2) is 4.98 Å². The molecule has 0 aliphatic carbocycles. The first-order chi connectivity index (χ1) is 13.2. The summed E-state index contributed by atoms with van der Waals surface area (Å²) >= 11 is 0. The fourth-order valence-corrected chi connectivity index (χ4v) is 3.64. The van der Waals surface area contributed by atoms with Crippen LogP contribution in [0.25, 0.3) is 11.4 Å². The predicted molar refractivity (Wildman–Crippen MR) is 106 cm³/mol. The molecular formula is C21H23N5O. The van der Waals surface area contributed by atoms with Crippen LogP contribution >= 0.6 is 0 Å². The second-order valence-corrected chi connectivity index (χ2v) is 6.78. The molecular weight excluding hydrogens is 338 g/mol. The van der Waals surface area contributed by atoms with Gasteiger partial charge in [-0.2, -0.15) is 0 Å². The van der Waals surface area contributed by atoms with Crippen LogP contribution in [0.2, 0.25) is 0 Å². The van der Waals surface area contributed by atoms with Crippen LogP contribution in [0.3, 0.4) is 0 Å². The predicted octanol–water partition coefficient (Wildman–Crippen LogP) is 3.13. The number of amides is 1. The molecule has 27 heavy (non-hydrogen) atoms. The highest BCUT2D eigenvalue weighted by atomic mass is 16.2. The second-order valence-electron chi connectivity index (χ2n) is 6.78. The van der Waals surface area contributed by atoms with E-state index in [1.807, 2.05) is 41.6 Å². The molecule has 0 unspecified atom stereocenters. The number of aromatic nitrogens is 3. The van der Waals surface area contributed by atoms with E-state index < -0.39 is 0 Å². The molecule has 1 saturated heterocycles. The summed E-state index contributed by atoms with van der Waals surface area (Å²) in [6, 6.07) is 9.72. The molecule has 1 fully saturated rings. The molecule has 1 aliphatic heterocycles. The van der Waals surface area contributed by atoms with Crippen LogP contribution in [0, 0.1) is 6.92 Å². The molecule has 138 valence electrons. The molecule has 3 heterocycles. The Morgan fingerprint density at radius 2 is 1.96 bits per heavy atom. The van der Waals surface area contributed by atoms with E-state index in [0.29, 0.717) is 12.1 Å². The fourth-order valence-electron chi connectivity index (χ4n) is 3.64. The number of hydrogen-bond acceptors (Lipinski definition) is 4. The molecule has 0 spiro atoms. The minimum absolute atomic E-state index is 0.0651. The maximum atomic E-state index is 13.2. The van der Waals surface area contributed by atoms with Gasteiger partial charge in [-0.15, -0.1) is 0 Å². The van der Waals surface area contributed by atoms with Gasteiger partial charge in [0.15, 0.2) is 0 Å². The maximum Gasteiger partial charge on any atom is 0.254 e. The second kappa shape index (κ2) is 7.61. The zero-order chi connectivity index (χ0) is 18.6. The lowest BCUT2D eigenvalue weighted by Crippen LogP contribution is -2.35. The van der Waals surface area contributed by atoms with Gasteiger partial charge in [0.2, 0.25) is 0 Å². The van der Waals surface area contributed by atoms with Gasteiger partial charge >= 0.3 is 0 Å². The van der Waals surface area contributed by atoms with Gasteiger partial charge in [-0.3, -0.25) is 9.78 Å². The number of carbonyl (C=O) groups is 1. The summed E-state index contributed by atoms with van der Waals surface area (Å²) in [7, 11) is 0. The molecule has 3 aromatic rings. The van der Waals surface area contributed by atoms with E-state index in [0.717, 1.165) is 37.4 Å². The highest BCUT2D eigenvalue weighted by Gasteiger charge is 2.23. The number of aryl methyl sites for hydroxylation is 1. The lowest BCUT2D eigenvalue weighted by molar-refractivity contribution is 0.0767. The van der Waals surface area contributed by atoms with Crippen LogP contribution < -0.4 is 4.90 Å². The van der Waals surface area contributed by atoms with E-state index in [2.05, 4.69) is 32.8 Å². The third kappa shape index (κ3) is 3.56. The molecule has 0 radical (unpaired) electrons. The number of hydrogen-bond donors (Lipinski definition) is 1. The molecule has 2 aromatic heterocycles. The van der Waals surface area contributed by atoms with E-state index in [4.69, 9.17) is 0 Å². The zero-order valence-corrected chi connectivity index (χ0v) is 15.4. The first-order valence-corrected chi connectivity index (χ1v) is 9.27. The molecule has 1 N–H and O–H groups in total. The highest BCUT2D eigenvalue weighted by Crippen LogP contribution is 2.24. The Balaban J connectivity index is 1.54. The number of nitrogens with one attached hydrogen (secondary N) is 1. The smallest absolute Gasteiger partial charge is 0.254 e. The number of benzene rings is 1. The van der Waals surface area contributed by atoms with E-state index in [1.54, 1.807) is 12.4 Å². The summed E-state index contributed by atoms with van der Waals surface area (Å²) in [5, 5.41) is 0. The largest absolute Gasteiger partial charge is 0.369 e. The minimum atomic E-state index is 0.0651. The standard InChI is InChI=1S/C21H23N5O/c1-16-15-22-8-7-19(16)25-11-4-12-26(14-13-25)21(27)18-6-3-2-5-17(18)20-23-9-10-24-20/h2-3,5-10,15H,4,11-14H2,1H3,(H,23,24). The summed E-state index contributed by atoms with van der Waals surface area (Å²) in [5.74, 6) is 0.790. The number of pyridine rings is 1. The van der Waals surface area contributed by atoms with Crippen LogP contribution in [0.5, 0.6) is 0 Å². The van der Waals surface area contributed by atoms with Crippen molar-refractivity contribution in [1.82, 2.24) is 19.9 Å². The molecule has 0 atom stereocenters. The number of H-pyrrole nitrogens is 1. The molecule has 4 rings (SSSR count). The van der Waals surface area contributed by atoms with Crippen molar-refractivity contribution in [3.8, 4) is 11.4 Å². The van der Waals surface area contributed by atoms with Crippen molar-refractivity contribution < 1.29 is 4.79 Å². The fraction of sp³-hybridized carbons (Fsp3) is 0.286. The van der Waals surface area contributed by atoms with Gasteiger partial charge in [-0.1, -0.05) is 18.2 Å². The SMILES string of the molecule is Cc1cnccc1N1CCCN(C(=O)c2ccccc2-c2ncc[nH]2)CC1. The average molecular weight is 361 g/mol. The molecule has 6 heteroatoms. The number of nitrogens with zero attached hydrogens (tertiary/aromatic N) is 4. The van der Waals surface area contributed by atoms with Crippen LogP contribution in [0.1, 0.15) is 22.3 Å². The molecule has 0 saturated carbocycles. The Kier molecular flexibility index (Phi) is 4.87. The van der Waals surface area contributed by atoms with Crippen molar-refractivity contribution in [3.63, 3.8) is 0 Å². The van der Waals surface area contributed by atoms with Crippen molar-refractivity contribution in [1.29, 1.82) is 0 Å². The number of anilines is 1.